The van der Waals surface area contributed by atoms with Crippen molar-refractivity contribution in [3.05, 3.63) is 67.9 Å². The van der Waals surface area contributed by atoms with Crippen LogP contribution in [0.25, 0.3) is 21.8 Å². The van der Waals surface area contributed by atoms with E-state index in [1.54, 1.807) is 16.6 Å². The van der Waals surface area contributed by atoms with Crippen LogP contribution in [-0.4, -0.2) is 70.8 Å². The number of carbonyl (C=O) groups is 4. The number of fused-ring (bicyclic) bond motifs is 6. The molecule has 9 nitrogen and oxygen atoms in total. The highest BCUT2D eigenvalue weighted by molar-refractivity contribution is 9.10. The Hall–Kier alpha value is -3.28. The maximum absolute atomic E-state index is 12.8. The molecule has 2 aliphatic rings. The Morgan fingerprint density at radius 2 is 1.38 bits per heavy atom. The minimum absolute atomic E-state index is 0.0203. The minimum atomic E-state index is -0.175. The predicted molar refractivity (Wildman–Crippen MR) is 159 cm³/mol. The smallest absolute Gasteiger partial charge is 0.271 e. The van der Waals surface area contributed by atoms with E-state index in [4.69, 9.17) is 4.74 Å². The molecule has 4 aromatic rings. The second kappa shape index (κ2) is 11.3. The lowest BCUT2D eigenvalue weighted by Crippen LogP contribution is -2.34. The lowest BCUT2D eigenvalue weighted by molar-refractivity contribution is 0.0690. The Morgan fingerprint density at radius 3 is 1.98 bits per heavy atom. The van der Waals surface area contributed by atoms with Crippen molar-refractivity contribution in [2.24, 2.45) is 14.1 Å². The number of methoxy groups -OCH3 is 1. The molecule has 0 saturated carbocycles. The number of hydrogen-bond donors (Lipinski definition) is 1. The molecule has 0 spiro atoms. The predicted octanol–water partition coefficient (Wildman–Crippen LogP) is 4.87. The summed E-state index contributed by atoms with van der Waals surface area (Å²) in [6, 6.07) is 11.5. The van der Waals surface area contributed by atoms with Gasteiger partial charge in [-0.15, -0.1) is 0 Å². The molecule has 6 rings (SSSR count). The molecule has 2 aromatic carbocycles. The highest BCUT2D eigenvalue weighted by Gasteiger charge is 2.32. The van der Waals surface area contributed by atoms with Gasteiger partial charge in [-0.3, -0.25) is 19.2 Å². The summed E-state index contributed by atoms with van der Waals surface area (Å²) in [5.74, 6) is -0.239. The van der Waals surface area contributed by atoms with Crippen LogP contribution in [0.4, 0.5) is 0 Å². The first-order valence-electron chi connectivity index (χ1n) is 12.8. The number of carbonyl (C=O) groups excluding carboxylic acids is 4. The van der Waals surface area contributed by atoms with Gasteiger partial charge in [-0.2, -0.15) is 0 Å². The second-order valence-electron chi connectivity index (χ2n) is 9.78. The molecule has 0 aliphatic carbocycles. The number of nitrogens with zero attached hydrogens (tertiary/aromatic N) is 3. The quantitative estimate of drug-likeness (QED) is 0.335. The number of ether oxygens (including phenoxy) is 1. The third-order valence-electron chi connectivity index (χ3n) is 7.40. The fraction of sp³-hybridized carbons (Fsp3) is 0.310. The number of benzene rings is 2. The molecular formula is C29H28Br2N4O5. The van der Waals surface area contributed by atoms with Crippen molar-refractivity contribution in [1.29, 1.82) is 0 Å². The summed E-state index contributed by atoms with van der Waals surface area (Å²) in [6.07, 6.45) is 0.693. The van der Waals surface area contributed by atoms with Crippen LogP contribution in [0.5, 0.6) is 0 Å². The van der Waals surface area contributed by atoms with Gasteiger partial charge < -0.3 is 24.1 Å². The largest absolute Gasteiger partial charge is 0.383 e. The van der Waals surface area contributed by atoms with E-state index >= 15 is 0 Å². The lowest BCUT2D eigenvalue weighted by atomic mass is 10.1. The number of ketones is 2. The van der Waals surface area contributed by atoms with Crippen LogP contribution in [-0.2, 0) is 18.8 Å². The summed E-state index contributed by atoms with van der Waals surface area (Å²) in [6.45, 7) is 1.80. The molecule has 2 aliphatic heterocycles. The van der Waals surface area contributed by atoms with Gasteiger partial charge in [0.25, 0.3) is 11.8 Å². The van der Waals surface area contributed by atoms with E-state index in [9.17, 15) is 19.2 Å². The molecule has 0 radical (unpaired) electrons. The number of halogens is 2. The van der Waals surface area contributed by atoms with Crippen LogP contribution in [0, 0.1) is 0 Å². The molecule has 0 saturated heterocycles. The fourth-order valence-corrected chi connectivity index (χ4v) is 6.16. The van der Waals surface area contributed by atoms with E-state index in [-0.39, 0.29) is 23.4 Å². The molecule has 0 atom stereocenters. The van der Waals surface area contributed by atoms with Crippen LogP contribution in [0.3, 0.4) is 0 Å². The number of hydrogen-bond acceptors (Lipinski definition) is 5. The van der Waals surface area contributed by atoms with Crippen LogP contribution in [0.1, 0.15) is 54.5 Å². The average Bonchev–Trinajstić information content (AvgIpc) is 3.26. The normalized spacial score (nSPS) is 15.4. The Labute approximate surface area is 247 Å². The van der Waals surface area contributed by atoms with E-state index in [1.807, 2.05) is 55.1 Å². The molecule has 0 fully saturated rings. The molecule has 0 bridgehead atoms. The molecule has 208 valence electrons. The zero-order valence-corrected chi connectivity index (χ0v) is 25.5. The van der Waals surface area contributed by atoms with Crippen molar-refractivity contribution in [3.63, 3.8) is 0 Å². The molecule has 0 unspecified atom stereocenters. The third-order valence-corrected chi connectivity index (χ3v) is 8.38. The maximum atomic E-state index is 12.8. The topological polar surface area (TPSA) is 103 Å². The molecule has 4 heterocycles. The Morgan fingerprint density at radius 1 is 0.825 bits per heavy atom. The van der Waals surface area contributed by atoms with Crippen LogP contribution in [0.2, 0.25) is 0 Å². The molecule has 11 heteroatoms. The average molecular weight is 672 g/mol. The van der Waals surface area contributed by atoms with Gasteiger partial charge in [0.1, 0.15) is 11.4 Å². The highest BCUT2D eigenvalue weighted by Crippen LogP contribution is 2.32. The van der Waals surface area contributed by atoms with Gasteiger partial charge in [0.05, 0.1) is 17.7 Å². The number of aromatic nitrogens is 2. The first-order valence-corrected chi connectivity index (χ1v) is 14.4. The summed E-state index contributed by atoms with van der Waals surface area (Å²) in [4.78, 5) is 51.3. The van der Waals surface area contributed by atoms with Gasteiger partial charge >= 0.3 is 0 Å². The van der Waals surface area contributed by atoms with Crippen LogP contribution < -0.4 is 5.32 Å². The number of Topliss-reactive ketones (excluding diaryl/α,β-unsaturated/α-hetero) is 2. The first kappa shape index (κ1) is 28.3. The zero-order valence-electron chi connectivity index (χ0n) is 22.3. The second-order valence-corrected chi connectivity index (χ2v) is 11.6. The number of rotatable bonds is 3. The lowest BCUT2D eigenvalue weighted by Gasteiger charge is -2.20. The summed E-state index contributed by atoms with van der Waals surface area (Å²) < 4.78 is 10.5. The van der Waals surface area contributed by atoms with Crippen molar-refractivity contribution in [2.75, 3.05) is 33.4 Å². The van der Waals surface area contributed by atoms with Gasteiger partial charge in [0, 0.05) is 84.4 Å². The van der Waals surface area contributed by atoms with Crippen molar-refractivity contribution < 1.29 is 23.9 Å². The maximum Gasteiger partial charge on any atom is 0.271 e. The van der Waals surface area contributed by atoms with Crippen molar-refractivity contribution in [1.82, 2.24) is 19.4 Å². The molecule has 2 aromatic heterocycles. The molecule has 1 N–H and O–H groups in total. The minimum Gasteiger partial charge on any atom is -0.383 e. The van der Waals surface area contributed by atoms with E-state index < -0.39 is 0 Å². The Kier molecular flexibility index (Phi) is 7.98. The van der Waals surface area contributed by atoms with Crippen molar-refractivity contribution >= 4 is 77.0 Å². The summed E-state index contributed by atoms with van der Waals surface area (Å²) in [5, 5.41) is 4.42. The summed E-state index contributed by atoms with van der Waals surface area (Å²) in [5.41, 5.74) is 3.82. The SMILES string of the molecule is COCCN1CCC(=O)c2c(n(C)c3ccc(Br)cc23)C1=O.Cn1c2c(c3cc(Br)ccc31)C(=O)CCNC2=O. The summed E-state index contributed by atoms with van der Waals surface area (Å²) in [7, 11) is 5.25. The van der Waals surface area contributed by atoms with Gasteiger partial charge in [-0.25, -0.2) is 0 Å². The first-order chi connectivity index (χ1) is 19.1. The van der Waals surface area contributed by atoms with Crippen LogP contribution in [0.15, 0.2) is 45.3 Å². The Balaban J connectivity index is 0.000000164. The van der Waals surface area contributed by atoms with E-state index in [0.717, 1.165) is 30.8 Å². The van der Waals surface area contributed by atoms with E-state index in [2.05, 4.69) is 37.2 Å². The van der Waals surface area contributed by atoms with E-state index in [1.165, 1.54) is 0 Å². The van der Waals surface area contributed by atoms with Gasteiger partial charge in [-0.1, -0.05) is 31.9 Å². The molecular weight excluding hydrogens is 644 g/mol. The van der Waals surface area contributed by atoms with Gasteiger partial charge in [0.2, 0.25) is 0 Å². The number of amides is 2. The van der Waals surface area contributed by atoms with Crippen LogP contribution >= 0.6 is 31.9 Å². The number of aryl methyl sites for hydroxylation is 2. The highest BCUT2D eigenvalue weighted by atomic mass is 79.9. The number of nitrogens with one attached hydrogen (secondary N) is 1. The van der Waals surface area contributed by atoms with E-state index in [0.29, 0.717) is 61.6 Å². The Bertz CT molecular complexity index is 1700. The zero-order chi connectivity index (χ0) is 28.7. The van der Waals surface area contributed by atoms with Crippen molar-refractivity contribution in [2.45, 2.75) is 12.8 Å². The molecule has 40 heavy (non-hydrogen) atoms. The fourth-order valence-electron chi connectivity index (χ4n) is 5.44. The third kappa shape index (κ3) is 4.90. The van der Waals surface area contributed by atoms with Gasteiger partial charge in [-0.05, 0) is 36.4 Å². The summed E-state index contributed by atoms with van der Waals surface area (Å²) >= 11 is 6.84. The molecule has 2 amide bonds. The van der Waals surface area contributed by atoms with Crippen molar-refractivity contribution in [3.8, 4) is 0 Å². The van der Waals surface area contributed by atoms with Gasteiger partial charge in [0.15, 0.2) is 11.6 Å². The monoisotopic (exact) mass is 670 g/mol. The standard InChI is InChI=1S/C16H17BrN2O3.C13H11BrN2O2/c1-18-12-4-3-10(17)9-11(12)14-13(20)5-6-19(7-8-22-2)16(21)15(14)18;1-16-9-3-2-7(14)6-8(9)11-10(17)4-5-15-13(18)12(11)16/h3-4,9H,5-8H2,1-2H3;2-3,6H,4-5H2,1H3,(H,15,18).